The Morgan fingerprint density at radius 3 is 2.96 bits per heavy atom. The normalized spacial score (nSPS) is 11.9. The van der Waals surface area contributed by atoms with E-state index in [1.54, 1.807) is 10.9 Å². The van der Waals surface area contributed by atoms with Crippen molar-refractivity contribution in [3.8, 4) is 16.9 Å². The second-order valence-corrected chi connectivity index (χ2v) is 5.43. The van der Waals surface area contributed by atoms with Gasteiger partial charge in [0.2, 0.25) is 0 Å². The van der Waals surface area contributed by atoms with Crippen LogP contribution in [0.4, 0.5) is 5.82 Å². The highest BCUT2D eigenvalue weighted by molar-refractivity contribution is 5.63. The Balaban J connectivity index is 1.60. The average molecular weight is 307 g/mol. The lowest BCUT2D eigenvalue weighted by atomic mass is 10.1. The third-order valence-corrected chi connectivity index (χ3v) is 3.36. The van der Waals surface area contributed by atoms with E-state index in [2.05, 4.69) is 28.4 Å². The summed E-state index contributed by atoms with van der Waals surface area (Å²) in [5.41, 5.74) is 2.09. The lowest BCUT2D eigenvalue weighted by molar-refractivity contribution is 0.304. The van der Waals surface area contributed by atoms with Gasteiger partial charge in [0, 0.05) is 25.0 Å². The summed E-state index contributed by atoms with van der Waals surface area (Å²) < 4.78 is 7.64. The predicted octanol–water partition coefficient (Wildman–Crippen LogP) is 3.16. The van der Waals surface area contributed by atoms with Crippen LogP contribution < -0.4 is 10.1 Å². The van der Waals surface area contributed by atoms with Crippen molar-refractivity contribution in [3.05, 3.63) is 61.1 Å². The highest BCUT2D eigenvalue weighted by Crippen LogP contribution is 2.23. The molecule has 0 bridgehead atoms. The second kappa shape index (κ2) is 6.96. The number of hydrogen-bond acceptors (Lipinski definition) is 4. The molecule has 3 rings (SSSR count). The van der Waals surface area contributed by atoms with Crippen LogP contribution in [0.25, 0.3) is 11.1 Å². The Kier molecular flexibility index (Phi) is 4.57. The topological polar surface area (TPSA) is 52.0 Å². The molecule has 0 saturated heterocycles. The molecule has 23 heavy (non-hydrogen) atoms. The molecule has 2 heterocycles. The smallest absolute Gasteiger partial charge is 0.126 e. The minimum Gasteiger partial charge on any atom is -0.491 e. The molecule has 0 saturated carbocycles. The summed E-state index contributed by atoms with van der Waals surface area (Å²) in [5, 5.41) is 7.49. The maximum absolute atomic E-state index is 5.86. The van der Waals surface area contributed by atoms with Crippen LogP contribution in [0.2, 0.25) is 0 Å². The Labute approximate surface area is 135 Å². The first-order valence-electron chi connectivity index (χ1n) is 7.51. The van der Waals surface area contributed by atoms with Gasteiger partial charge in [-0.2, -0.15) is 5.10 Å². The molecule has 3 aromatic rings. The van der Waals surface area contributed by atoms with Crippen LogP contribution in [0.1, 0.15) is 6.92 Å². The third kappa shape index (κ3) is 4.10. The van der Waals surface area contributed by atoms with Gasteiger partial charge in [-0.3, -0.25) is 4.68 Å². The van der Waals surface area contributed by atoms with Crippen molar-refractivity contribution in [2.24, 2.45) is 7.05 Å². The van der Waals surface area contributed by atoms with E-state index in [0.717, 1.165) is 22.7 Å². The molecule has 1 N–H and O–H groups in total. The molecule has 0 aliphatic carbocycles. The van der Waals surface area contributed by atoms with E-state index in [1.165, 1.54) is 0 Å². The largest absolute Gasteiger partial charge is 0.491 e. The molecule has 1 atom stereocenters. The summed E-state index contributed by atoms with van der Waals surface area (Å²) in [5.74, 6) is 1.64. The van der Waals surface area contributed by atoms with Crippen molar-refractivity contribution < 1.29 is 4.74 Å². The minimum absolute atomic E-state index is 0.145. The zero-order valence-electron chi connectivity index (χ0n) is 13.2. The van der Waals surface area contributed by atoms with Crippen LogP contribution in [-0.4, -0.2) is 27.4 Å². The summed E-state index contributed by atoms with van der Waals surface area (Å²) in [6, 6.07) is 14.8. The minimum atomic E-state index is 0.145. The number of hydrogen-bond donors (Lipinski definition) is 1. The molecule has 1 aromatic carbocycles. The molecule has 2 aromatic heterocycles. The Morgan fingerprint density at radius 1 is 1.30 bits per heavy atom. The Hall–Kier alpha value is -2.82. The van der Waals surface area contributed by atoms with Gasteiger partial charge in [0.05, 0.1) is 12.2 Å². The van der Waals surface area contributed by atoms with Gasteiger partial charge in [-0.05, 0) is 48.9 Å². The van der Waals surface area contributed by atoms with Crippen molar-refractivity contribution in [1.82, 2.24) is 14.8 Å². The fraction of sp³-hybridized carbons (Fsp3) is 0.222. The van der Waals surface area contributed by atoms with Crippen molar-refractivity contribution in [3.63, 3.8) is 0 Å². The van der Waals surface area contributed by atoms with Crippen LogP contribution in [0.15, 0.2) is 55.0 Å². The van der Waals surface area contributed by atoms with E-state index in [-0.39, 0.29) is 6.04 Å². The molecule has 0 aliphatic heterocycles. The maximum Gasteiger partial charge on any atom is 0.126 e. The molecule has 0 aliphatic rings. The quantitative estimate of drug-likeness (QED) is 0.760. The zero-order chi connectivity index (χ0) is 16.1. The van der Waals surface area contributed by atoms with Crippen molar-refractivity contribution >= 4 is 5.82 Å². The SMILES string of the molecule is C[C@H](COc1c[c]cc(-c2cnn(C)c2)c1)Nc1ccccn1. The van der Waals surface area contributed by atoms with E-state index in [0.29, 0.717) is 6.61 Å². The number of ether oxygens (including phenoxy) is 1. The van der Waals surface area contributed by atoms with E-state index in [9.17, 15) is 0 Å². The number of nitrogens with one attached hydrogen (secondary N) is 1. The van der Waals surface area contributed by atoms with Gasteiger partial charge in [-0.1, -0.05) is 6.07 Å². The number of rotatable bonds is 6. The molecule has 5 nitrogen and oxygen atoms in total. The van der Waals surface area contributed by atoms with Crippen molar-refractivity contribution in [2.45, 2.75) is 13.0 Å². The second-order valence-electron chi connectivity index (χ2n) is 5.43. The van der Waals surface area contributed by atoms with Crippen molar-refractivity contribution in [2.75, 3.05) is 11.9 Å². The van der Waals surface area contributed by atoms with E-state index >= 15 is 0 Å². The Morgan fingerprint density at radius 2 is 2.22 bits per heavy atom. The van der Waals surface area contributed by atoms with Crippen LogP contribution in [0.5, 0.6) is 5.75 Å². The summed E-state index contributed by atoms with van der Waals surface area (Å²) >= 11 is 0. The molecular formula is C18H19N4O. The summed E-state index contributed by atoms with van der Waals surface area (Å²) in [6.45, 7) is 2.60. The number of aryl methyl sites for hydroxylation is 1. The first kappa shape index (κ1) is 15.1. The number of nitrogens with zero attached hydrogens (tertiary/aromatic N) is 3. The molecule has 0 amide bonds. The summed E-state index contributed by atoms with van der Waals surface area (Å²) in [7, 11) is 1.90. The summed E-state index contributed by atoms with van der Waals surface area (Å²) in [4.78, 5) is 4.25. The first-order chi connectivity index (χ1) is 11.2. The number of aromatic nitrogens is 3. The third-order valence-electron chi connectivity index (χ3n) is 3.36. The molecule has 5 heteroatoms. The van der Waals surface area contributed by atoms with Gasteiger partial charge in [-0.15, -0.1) is 0 Å². The van der Waals surface area contributed by atoms with Gasteiger partial charge >= 0.3 is 0 Å². The number of benzene rings is 1. The fourth-order valence-corrected chi connectivity index (χ4v) is 2.23. The van der Waals surface area contributed by atoms with Crippen molar-refractivity contribution in [1.29, 1.82) is 0 Å². The Bertz CT molecular complexity index is 754. The van der Waals surface area contributed by atoms with Gasteiger partial charge < -0.3 is 10.1 Å². The monoisotopic (exact) mass is 307 g/mol. The average Bonchev–Trinajstić information content (AvgIpc) is 3.01. The van der Waals surface area contributed by atoms with Crippen LogP contribution >= 0.6 is 0 Å². The summed E-state index contributed by atoms with van der Waals surface area (Å²) in [6.07, 6.45) is 5.57. The fourth-order valence-electron chi connectivity index (χ4n) is 2.23. The first-order valence-corrected chi connectivity index (χ1v) is 7.51. The number of pyridine rings is 1. The molecular weight excluding hydrogens is 288 g/mol. The lowest BCUT2D eigenvalue weighted by Gasteiger charge is -2.15. The van der Waals surface area contributed by atoms with E-state index in [1.807, 2.05) is 55.8 Å². The van der Waals surface area contributed by atoms with E-state index < -0.39 is 0 Å². The molecule has 0 spiro atoms. The zero-order valence-corrected chi connectivity index (χ0v) is 13.2. The lowest BCUT2D eigenvalue weighted by Crippen LogP contribution is -2.23. The molecule has 0 unspecified atom stereocenters. The van der Waals surface area contributed by atoms with Crippen LogP contribution in [0, 0.1) is 6.07 Å². The predicted molar refractivity (Wildman–Crippen MR) is 90.3 cm³/mol. The number of anilines is 1. The van der Waals surface area contributed by atoms with E-state index in [4.69, 9.17) is 4.74 Å². The van der Waals surface area contributed by atoms with Crippen LogP contribution in [-0.2, 0) is 7.05 Å². The van der Waals surface area contributed by atoms with Gasteiger partial charge in [0.1, 0.15) is 18.2 Å². The van der Waals surface area contributed by atoms with Gasteiger partial charge in [0.25, 0.3) is 0 Å². The standard InChI is InChI=1S/C18H19N4O/c1-14(21-18-8-3-4-9-19-18)13-23-17-7-5-6-15(10-17)16-11-20-22(2)12-16/h3-4,6-12,14H,13H2,1-2H3,(H,19,21)/t14-/m1/s1. The molecule has 1 radical (unpaired) electrons. The highest BCUT2D eigenvalue weighted by atomic mass is 16.5. The maximum atomic E-state index is 5.86. The molecule has 117 valence electrons. The molecule has 0 fully saturated rings. The van der Waals surface area contributed by atoms with Crippen LogP contribution in [0.3, 0.4) is 0 Å². The highest BCUT2D eigenvalue weighted by Gasteiger charge is 2.06. The van der Waals surface area contributed by atoms with Gasteiger partial charge in [0.15, 0.2) is 0 Å². The van der Waals surface area contributed by atoms with Gasteiger partial charge in [-0.25, -0.2) is 4.98 Å².